The van der Waals surface area contributed by atoms with Gasteiger partial charge in [0.15, 0.2) is 0 Å². The van der Waals surface area contributed by atoms with E-state index in [4.69, 9.17) is 9.47 Å². The van der Waals surface area contributed by atoms with Crippen LogP contribution in [0.15, 0.2) is 54.6 Å². The molecular formula is C23H28N4O4. The molecule has 1 aliphatic carbocycles. The van der Waals surface area contributed by atoms with Gasteiger partial charge in [-0.2, -0.15) is 0 Å². The number of hydrogen-bond acceptors (Lipinski definition) is 5. The van der Waals surface area contributed by atoms with Crippen molar-refractivity contribution in [3.8, 4) is 5.75 Å². The van der Waals surface area contributed by atoms with Gasteiger partial charge < -0.3 is 24.3 Å². The molecule has 1 atom stereocenters. The quantitative estimate of drug-likeness (QED) is 0.592. The third-order valence-electron chi connectivity index (χ3n) is 5.26. The Morgan fingerprint density at radius 3 is 2.74 bits per heavy atom. The number of carbonyl (C=O) groups excluding carboxylic acids is 2. The van der Waals surface area contributed by atoms with E-state index in [0.29, 0.717) is 31.0 Å². The fourth-order valence-electron chi connectivity index (χ4n) is 3.57. The smallest absolute Gasteiger partial charge is 0.225 e. The van der Waals surface area contributed by atoms with Gasteiger partial charge in [-0.25, -0.2) is 4.98 Å². The van der Waals surface area contributed by atoms with E-state index in [1.807, 2.05) is 37.4 Å². The number of ether oxygens (including phenoxy) is 2. The van der Waals surface area contributed by atoms with Crippen molar-refractivity contribution in [1.29, 1.82) is 0 Å². The Hall–Kier alpha value is -3.55. The lowest BCUT2D eigenvalue weighted by Gasteiger charge is -2.33. The Balaban J connectivity index is 1.60. The Kier molecular flexibility index (Phi) is 7.48. The number of aromatic nitrogens is 2. The van der Waals surface area contributed by atoms with Gasteiger partial charge >= 0.3 is 0 Å². The predicted molar refractivity (Wildman–Crippen MR) is 118 cm³/mol. The zero-order valence-corrected chi connectivity index (χ0v) is 18.1. The molecule has 31 heavy (non-hydrogen) atoms. The lowest BCUT2D eigenvalue weighted by atomic mass is 10.0. The molecule has 1 N–H and O–H groups in total. The number of nitrogens with one attached hydrogen (secondary N) is 1. The normalized spacial score (nSPS) is 15.5. The van der Waals surface area contributed by atoms with E-state index in [1.54, 1.807) is 37.4 Å². The van der Waals surface area contributed by atoms with Crippen LogP contribution in [0.2, 0.25) is 0 Å². The first kappa shape index (κ1) is 22.1. The molecule has 2 aromatic heterocycles. The highest BCUT2D eigenvalue weighted by Crippen LogP contribution is 2.28. The summed E-state index contributed by atoms with van der Waals surface area (Å²) in [6.07, 6.45) is 9.69. The molecule has 2 aromatic rings. The minimum absolute atomic E-state index is 0.151. The van der Waals surface area contributed by atoms with Crippen molar-refractivity contribution in [2.24, 2.45) is 0 Å². The average molecular weight is 425 g/mol. The number of anilines is 1. The van der Waals surface area contributed by atoms with E-state index >= 15 is 0 Å². The van der Waals surface area contributed by atoms with E-state index in [-0.39, 0.29) is 18.4 Å². The van der Waals surface area contributed by atoms with Crippen LogP contribution in [0.5, 0.6) is 5.75 Å². The first-order valence-corrected chi connectivity index (χ1v) is 10.2. The van der Waals surface area contributed by atoms with E-state index in [2.05, 4.69) is 14.9 Å². The molecule has 0 saturated heterocycles. The fourth-order valence-corrected chi connectivity index (χ4v) is 3.57. The molecular weight excluding hydrogens is 396 g/mol. The maximum Gasteiger partial charge on any atom is 0.225 e. The molecule has 164 valence electrons. The number of pyridine rings is 1. The summed E-state index contributed by atoms with van der Waals surface area (Å²) in [5.41, 5.74) is 2.09. The van der Waals surface area contributed by atoms with Gasteiger partial charge in [0.1, 0.15) is 11.6 Å². The van der Waals surface area contributed by atoms with Crippen molar-refractivity contribution in [1.82, 2.24) is 14.5 Å². The molecule has 0 aliphatic heterocycles. The van der Waals surface area contributed by atoms with Crippen molar-refractivity contribution >= 4 is 23.8 Å². The van der Waals surface area contributed by atoms with Crippen LogP contribution in [-0.2, 0) is 14.3 Å². The topological polar surface area (TPSA) is 85.7 Å². The van der Waals surface area contributed by atoms with Crippen molar-refractivity contribution in [3.63, 3.8) is 0 Å². The molecule has 8 nitrogen and oxygen atoms in total. The molecule has 2 amide bonds. The monoisotopic (exact) mass is 424 g/mol. The molecule has 1 unspecified atom stereocenters. The number of methoxy groups -OCH3 is 2. The molecule has 2 heterocycles. The molecule has 0 bridgehead atoms. The van der Waals surface area contributed by atoms with Gasteiger partial charge in [-0.1, -0.05) is 0 Å². The van der Waals surface area contributed by atoms with Crippen molar-refractivity contribution in [2.45, 2.75) is 32.2 Å². The molecule has 8 heteroatoms. The van der Waals surface area contributed by atoms with E-state index < -0.39 is 0 Å². The van der Waals surface area contributed by atoms with Crippen LogP contribution in [0, 0.1) is 6.92 Å². The third kappa shape index (κ3) is 5.53. The first-order valence-electron chi connectivity index (χ1n) is 10.2. The van der Waals surface area contributed by atoms with Crippen LogP contribution < -0.4 is 10.1 Å². The minimum atomic E-state index is -0.171. The Labute approximate surface area is 182 Å². The fraction of sp³-hybridized carbons (Fsp3) is 0.348. The zero-order chi connectivity index (χ0) is 22.2. The molecule has 0 saturated carbocycles. The van der Waals surface area contributed by atoms with Crippen LogP contribution >= 0.6 is 0 Å². The summed E-state index contributed by atoms with van der Waals surface area (Å²) < 4.78 is 12.6. The standard InChI is InChI=1S/C23H28N4O4/c1-17-6-4-13-27(17)20-10-8-18(30-2)14-21(20)26(16-28)12-5-7-23(29)25-22-11-9-19(31-3)15-24-22/h4,6,8-11,13,15-16,21H,5,7,12,14H2,1-3H3,(H,24,25,29). The van der Waals surface area contributed by atoms with Gasteiger partial charge in [-0.05, 0) is 49.8 Å². The summed E-state index contributed by atoms with van der Waals surface area (Å²) in [5, 5.41) is 2.76. The summed E-state index contributed by atoms with van der Waals surface area (Å²) in [6.45, 7) is 2.47. The van der Waals surface area contributed by atoms with E-state index in [9.17, 15) is 9.59 Å². The van der Waals surface area contributed by atoms with Crippen LogP contribution in [0.25, 0.3) is 5.70 Å². The second-order valence-corrected chi connectivity index (χ2v) is 7.25. The van der Waals surface area contributed by atoms with Gasteiger partial charge in [0.05, 0.1) is 32.2 Å². The molecule has 3 rings (SSSR count). The maximum atomic E-state index is 12.3. The second kappa shape index (κ2) is 10.5. The highest BCUT2D eigenvalue weighted by atomic mass is 16.5. The van der Waals surface area contributed by atoms with Gasteiger partial charge in [0.2, 0.25) is 12.3 Å². The van der Waals surface area contributed by atoms with Crippen molar-refractivity contribution in [2.75, 3.05) is 26.1 Å². The van der Waals surface area contributed by atoms with Crippen molar-refractivity contribution < 1.29 is 19.1 Å². The van der Waals surface area contributed by atoms with E-state index in [1.165, 1.54) is 0 Å². The lowest BCUT2D eigenvalue weighted by molar-refractivity contribution is -0.120. The predicted octanol–water partition coefficient (Wildman–Crippen LogP) is 3.22. The Morgan fingerprint density at radius 1 is 1.29 bits per heavy atom. The summed E-state index contributed by atoms with van der Waals surface area (Å²) in [7, 11) is 3.19. The number of allylic oxidation sites excluding steroid dienone is 2. The number of aryl methyl sites for hydroxylation is 1. The molecule has 0 spiro atoms. The van der Waals surface area contributed by atoms with Crippen LogP contribution in [0.1, 0.15) is 25.0 Å². The Bertz CT molecular complexity index is 962. The summed E-state index contributed by atoms with van der Waals surface area (Å²) >= 11 is 0. The number of carbonyl (C=O) groups is 2. The number of hydrogen-bond donors (Lipinski definition) is 1. The third-order valence-corrected chi connectivity index (χ3v) is 5.26. The van der Waals surface area contributed by atoms with Gasteiger partial charge in [0, 0.05) is 37.0 Å². The van der Waals surface area contributed by atoms with Crippen LogP contribution in [-0.4, -0.2) is 53.6 Å². The molecule has 0 radical (unpaired) electrons. The number of rotatable bonds is 10. The Morgan fingerprint density at radius 2 is 2.13 bits per heavy atom. The largest absolute Gasteiger partial charge is 0.501 e. The van der Waals surface area contributed by atoms with Gasteiger partial charge in [-0.3, -0.25) is 9.59 Å². The number of nitrogens with zero attached hydrogens (tertiary/aromatic N) is 3. The minimum Gasteiger partial charge on any atom is -0.501 e. The summed E-state index contributed by atoms with van der Waals surface area (Å²) in [4.78, 5) is 30.1. The van der Waals surface area contributed by atoms with Gasteiger partial charge in [-0.15, -0.1) is 0 Å². The highest BCUT2D eigenvalue weighted by Gasteiger charge is 2.27. The zero-order valence-electron chi connectivity index (χ0n) is 18.1. The molecule has 1 aliphatic rings. The second-order valence-electron chi connectivity index (χ2n) is 7.25. The summed E-state index contributed by atoms with van der Waals surface area (Å²) in [6, 6.07) is 7.25. The average Bonchev–Trinajstić information content (AvgIpc) is 3.22. The van der Waals surface area contributed by atoms with E-state index in [0.717, 1.165) is 23.6 Å². The highest BCUT2D eigenvalue weighted by molar-refractivity contribution is 5.89. The van der Waals surface area contributed by atoms with Gasteiger partial charge in [0.25, 0.3) is 0 Å². The molecule has 0 fully saturated rings. The molecule has 0 aromatic carbocycles. The van der Waals surface area contributed by atoms with Crippen molar-refractivity contribution in [3.05, 3.63) is 60.3 Å². The maximum absolute atomic E-state index is 12.3. The number of amides is 2. The van der Waals surface area contributed by atoms with Crippen LogP contribution in [0.3, 0.4) is 0 Å². The lowest BCUT2D eigenvalue weighted by Crippen LogP contribution is -2.39. The SMILES string of the molecule is COC1=CC=C(n2cccc2C)C(N(C=O)CCCC(=O)Nc2ccc(OC)cn2)C1. The van der Waals surface area contributed by atoms with Crippen LogP contribution in [0.4, 0.5) is 5.82 Å². The summed E-state index contributed by atoms with van der Waals surface area (Å²) in [5.74, 6) is 1.75. The first-order chi connectivity index (χ1) is 15.0.